The number of ether oxygens (including phenoxy) is 1. The number of halogens is 1. The van der Waals surface area contributed by atoms with Gasteiger partial charge in [-0.15, -0.1) is 0 Å². The molecule has 0 aromatic heterocycles. The molecule has 2 rings (SSSR count). The molecule has 0 unspecified atom stereocenters. The second-order valence-electron chi connectivity index (χ2n) is 4.45. The van der Waals surface area contributed by atoms with Crippen LogP contribution >= 0.6 is 22.6 Å². The van der Waals surface area contributed by atoms with Crippen molar-refractivity contribution in [1.82, 2.24) is 5.32 Å². The summed E-state index contributed by atoms with van der Waals surface area (Å²) in [5.41, 5.74) is -1.18. The second kappa shape index (κ2) is 5.77. The Hall–Kier alpha value is -1.31. The van der Waals surface area contributed by atoms with Crippen LogP contribution in [-0.4, -0.2) is 30.1 Å². The van der Waals surface area contributed by atoms with E-state index in [2.05, 4.69) is 27.9 Å². The average Bonchev–Trinajstić information content (AvgIpc) is 3.18. The van der Waals surface area contributed by atoms with E-state index in [1.54, 1.807) is 0 Å². The van der Waals surface area contributed by atoms with E-state index < -0.39 is 17.3 Å². The zero-order chi connectivity index (χ0) is 13.9. The number of nitrogens with one attached hydrogen (secondary N) is 1. The van der Waals surface area contributed by atoms with Crippen LogP contribution in [0.3, 0.4) is 0 Å². The highest BCUT2D eigenvalue weighted by atomic mass is 127. The number of hydrogen-bond donors (Lipinski definition) is 2. The lowest BCUT2D eigenvalue weighted by atomic mass is 10.1. The second-order valence-corrected chi connectivity index (χ2v) is 5.69. The lowest BCUT2D eigenvalue weighted by Crippen LogP contribution is -2.38. The summed E-state index contributed by atoms with van der Waals surface area (Å²) in [7, 11) is 0. The highest BCUT2D eigenvalue weighted by molar-refractivity contribution is 14.1. The number of carbonyl (C=O) groups excluding carboxylic acids is 1. The van der Waals surface area contributed by atoms with Crippen LogP contribution in [0, 0.1) is 8.99 Å². The summed E-state index contributed by atoms with van der Waals surface area (Å²) >= 11 is 2.20. The van der Waals surface area contributed by atoms with Crippen LogP contribution in [0.4, 0.5) is 0 Å². The molecule has 1 saturated carbocycles. The largest absolute Gasteiger partial charge is 0.492 e. The number of carboxylic acids is 1. The van der Waals surface area contributed by atoms with E-state index in [0.29, 0.717) is 26.0 Å². The Labute approximate surface area is 124 Å². The summed E-state index contributed by atoms with van der Waals surface area (Å²) in [6.07, 6.45) is 0.846. The van der Waals surface area contributed by atoms with Crippen LogP contribution < -0.4 is 10.1 Å². The van der Waals surface area contributed by atoms with E-state index in [-0.39, 0.29) is 0 Å². The summed E-state index contributed by atoms with van der Waals surface area (Å²) in [5, 5.41) is 11.5. The van der Waals surface area contributed by atoms with E-state index in [4.69, 9.17) is 9.84 Å². The first kappa shape index (κ1) is 14.1. The van der Waals surface area contributed by atoms with Gasteiger partial charge in [0.1, 0.15) is 17.8 Å². The third kappa shape index (κ3) is 3.37. The van der Waals surface area contributed by atoms with Crippen molar-refractivity contribution in [1.29, 1.82) is 0 Å². The van der Waals surface area contributed by atoms with Crippen LogP contribution in [0.1, 0.15) is 12.8 Å². The molecule has 6 heteroatoms. The minimum absolute atomic E-state index is 0.305. The van der Waals surface area contributed by atoms with Crippen molar-refractivity contribution in [2.45, 2.75) is 12.8 Å². The highest BCUT2D eigenvalue weighted by Crippen LogP contribution is 2.45. The summed E-state index contributed by atoms with van der Waals surface area (Å²) in [6.45, 7) is 0.627. The molecule has 1 aromatic carbocycles. The number of hydrogen-bond acceptors (Lipinski definition) is 3. The molecule has 5 nitrogen and oxygen atoms in total. The van der Waals surface area contributed by atoms with Crippen LogP contribution in [0.25, 0.3) is 0 Å². The van der Waals surface area contributed by atoms with Crippen LogP contribution in [0.2, 0.25) is 0 Å². The van der Waals surface area contributed by atoms with Crippen molar-refractivity contribution in [3.05, 3.63) is 27.8 Å². The van der Waals surface area contributed by atoms with E-state index in [0.717, 1.165) is 9.32 Å². The number of rotatable bonds is 6. The number of carbonyl (C=O) groups is 2. The molecule has 19 heavy (non-hydrogen) atoms. The Morgan fingerprint density at radius 3 is 2.47 bits per heavy atom. The van der Waals surface area contributed by atoms with Crippen molar-refractivity contribution >= 4 is 34.5 Å². The quantitative estimate of drug-likeness (QED) is 0.451. The topological polar surface area (TPSA) is 75.6 Å². The van der Waals surface area contributed by atoms with Gasteiger partial charge in [0.15, 0.2) is 0 Å². The average molecular weight is 375 g/mol. The Morgan fingerprint density at radius 1 is 1.32 bits per heavy atom. The number of amides is 1. The van der Waals surface area contributed by atoms with Gasteiger partial charge in [-0.2, -0.15) is 0 Å². The monoisotopic (exact) mass is 375 g/mol. The van der Waals surface area contributed by atoms with Gasteiger partial charge in [-0.3, -0.25) is 9.59 Å². The van der Waals surface area contributed by atoms with Gasteiger partial charge in [0, 0.05) is 3.57 Å². The molecule has 0 radical (unpaired) electrons. The third-order valence-electron chi connectivity index (χ3n) is 3.06. The molecule has 1 aliphatic carbocycles. The van der Waals surface area contributed by atoms with Gasteiger partial charge in [0.05, 0.1) is 6.54 Å². The van der Waals surface area contributed by atoms with Crippen LogP contribution in [-0.2, 0) is 9.59 Å². The van der Waals surface area contributed by atoms with Crippen LogP contribution in [0.5, 0.6) is 5.75 Å². The molecule has 0 aliphatic heterocycles. The lowest BCUT2D eigenvalue weighted by molar-refractivity contribution is -0.149. The van der Waals surface area contributed by atoms with Gasteiger partial charge in [-0.25, -0.2) is 0 Å². The molecule has 0 atom stereocenters. The Morgan fingerprint density at radius 2 is 1.95 bits per heavy atom. The first-order chi connectivity index (χ1) is 9.04. The van der Waals surface area contributed by atoms with E-state index in [9.17, 15) is 9.59 Å². The van der Waals surface area contributed by atoms with Crippen molar-refractivity contribution < 1.29 is 19.4 Å². The van der Waals surface area contributed by atoms with Gasteiger partial charge in [0.25, 0.3) is 0 Å². The predicted molar refractivity (Wildman–Crippen MR) is 77.0 cm³/mol. The van der Waals surface area contributed by atoms with Gasteiger partial charge < -0.3 is 15.2 Å². The molecule has 0 saturated heterocycles. The van der Waals surface area contributed by atoms with Gasteiger partial charge >= 0.3 is 5.97 Å². The van der Waals surface area contributed by atoms with Crippen LogP contribution in [0.15, 0.2) is 24.3 Å². The molecular formula is C13H14INO4. The maximum atomic E-state index is 11.7. The molecule has 0 spiro atoms. The predicted octanol–water partition coefficient (Wildman–Crippen LogP) is 1.65. The number of carboxylic acid groups (broad SMARTS) is 1. The molecule has 1 aromatic rings. The fourth-order valence-corrected chi connectivity index (χ4v) is 2.06. The number of aliphatic carboxylic acids is 1. The fraction of sp³-hybridized carbons (Fsp3) is 0.385. The summed E-state index contributed by atoms with van der Waals surface area (Å²) in [5.74, 6) is -0.719. The Bertz CT molecular complexity index is 482. The van der Waals surface area contributed by atoms with E-state index >= 15 is 0 Å². The van der Waals surface area contributed by atoms with Gasteiger partial charge in [0.2, 0.25) is 5.91 Å². The molecule has 2 N–H and O–H groups in total. The standard InChI is InChI=1S/C13H14INO4/c14-9-1-3-10(4-2-9)19-8-7-15-11(16)13(5-6-13)12(17)18/h1-4H,5-8H2,(H,15,16)(H,17,18). The third-order valence-corrected chi connectivity index (χ3v) is 3.78. The van der Waals surface area contributed by atoms with Crippen molar-refractivity contribution in [2.75, 3.05) is 13.2 Å². The minimum Gasteiger partial charge on any atom is -0.492 e. The van der Waals surface area contributed by atoms with E-state index in [1.165, 1.54) is 0 Å². The normalized spacial score (nSPS) is 15.6. The smallest absolute Gasteiger partial charge is 0.319 e. The minimum atomic E-state index is -1.18. The lowest BCUT2D eigenvalue weighted by Gasteiger charge is -2.11. The zero-order valence-corrected chi connectivity index (χ0v) is 12.3. The molecule has 1 amide bonds. The summed E-state index contributed by atoms with van der Waals surface area (Å²) in [6, 6.07) is 7.56. The molecule has 0 bridgehead atoms. The molecule has 1 aliphatic rings. The van der Waals surface area contributed by atoms with Crippen molar-refractivity contribution in [3.63, 3.8) is 0 Å². The first-order valence-corrected chi connectivity index (χ1v) is 7.02. The van der Waals surface area contributed by atoms with Crippen molar-refractivity contribution in [3.8, 4) is 5.75 Å². The SMILES string of the molecule is O=C(O)C1(C(=O)NCCOc2ccc(I)cc2)CC1. The van der Waals surface area contributed by atoms with Gasteiger partial charge in [-0.1, -0.05) is 0 Å². The maximum Gasteiger partial charge on any atom is 0.319 e. The first-order valence-electron chi connectivity index (χ1n) is 5.95. The highest BCUT2D eigenvalue weighted by Gasteiger charge is 2.56. The van der Waals surface area contributed by atoms with E-state index in [1.807, 2.05) is 24.3 Å². The fourth-order valence-electron chi connectivity index (χ4n) is 1.70. The molecular weight excluding hydrogens is 361 g/mol. The summed E-state index contributed by atoms with van der Waals surface area (Å²) < 4.78 is 6.56. The van der Waals surface area contributed by atoms with Gasteiger partial charge in [-0.05, 0) is 59.7 Å². The molecule has 1 fully saturated rings. The molecule has 102 valence electrons. The molecule has 0 heterocycles. The zero-order valence-electron chi connectivity index (χ0n) is 10.2. The summed E-state index contributed by atoms with van der Waals surface area (Å²) in [4.78, 5) is 22.6. The number of benzene rings is 1. The Kier molecular flexibility index (Phi) is 4.28. The maximum absolute atomic E-state index is 11.7. The van der Waals surface area contributed by atoms with Crippen molar-refractivity contribution in [2.24, 2.45) is 5.41 Å². The Balaban J connectivity index is 1.71.